The van der Waals surface area contributed by atoms with E-state index in [9.17, 15) is 40.5 Å². The minimum absolute atomic E-state index is 0.532. The second-order valence-electron chi connectivity index (χ2n) is 2.65. The van der Waals surface area contributed by atoms with Crippen molar-refractivity contribution in [3.63, 3.8) is 0 Å². The summed E-state index contributed by atoms with van der Waals surface area (Å²) in [5.74, 6) is -5.47. The summed E-state index contributed by atoms with van der Waals surface area (Å²) in [6, 6.07) is 0. The predicted molar refractivity (Wildman–Crippen MR) is 47.4 cm³/mol. The first kappa shape index (κ1) is 13.5. The summed E-state index contributed by atoms with van der Waals surface area (Å²) in [6.07, 6.45) is 0. The molecule has 0 aliphatic heterocycles. The highest BCUT2D eigenvalue weighted by atomic mass is 16.7. The van der Waals surface area contributed by atoms with E-state index in [1.165, 1.54) is 0 Å². The summed E-state index contributed by atoms with van der Waals surface area (Å²) in [5, 5.41) is 48.9. The van der Waals surface area contributed by atoms with Gasteiger partial charge in [-0.15, -0.1) is 0 Å². The zero-order valence-electron chi connectivity index (χ0n) is 8.34. The van der Waals surface area contributed by atoms with E-state index in [4.69, 9.17) is 0 Å². The third-order valence-electron chi connectivity index (χ3n) is 1.68. The smallest absolute Gasteiger partial charge is 0.251 e. The molecular weight excluding hydrogens is 278 g/mol. The number of hydrogen-bond donors (Lipinski definition) is 1. The van der Waals surface area contributed by atoms with Gasteiger partial charge in [-0.2, -0.15) is 0 Å². The first-order chi connectivity index (χ1) is 8.74. The van der Waals surface area contributed by atoms with Crippen LogP contribution in [0.2, 0.25) is 0 Å². The topological polar surface area (TPSA) is 228 Å². The number of rotatable bonds is 6. The quantitative estimate of drug-likeness (QED) is 0.328. The fourth-order valence-corrected chi connectivity index (χ4v) is 0.973. The van der Waals surface area contributed by atoms with Gasteiger partial charge >= 0.3 is 11.9 Å². The van der Waals surface area contributed by atoms with E-state index < -0.39 is 36.3 Å². The molecule has 1 heterocycles. The lowest BCUT2D eigenvalue weighted by molar-refractivity contribution is -1.01. The molecule has 1 N–H and O–H groups in total. The first-order valence-corrected chi connectivity index (χ1v) is 3.88. The van der Waals surface area contributed by atoms with E-state index in [0.29, 0.717) is 0 Å². The van der Waals surface area contributed by atoms with E-state index in [1.54, 1.807) is 0 Å². The fraction of sp³-hybridized carbons (Fsp3) is 0.500. The molecule has 0 bridgehead atoms. The number of aromatic nitrogens is 4. The molecule has 0 unspecified atom stereocenters. The van der Waals surface area contributed by atoms with Crippen molar-refractivity contribution < 1.29 is 19.8 Å². The van der Waals surface area contributed by atoms with Crippen LogP contribution in [0.4, 0.5) is 5.95 Å². The van der Waals surface area contributed by atoms with Gasteiger partial charge in [0.2, 0.25) is 14.8 Å². The second kappa shape index (κ2) is 4.38. The minimum atomic E-state index is -4.22. The molecule has 19 heavy (non-hydrogen) atoms. The zero-order chi connectivity index (χ0) is 14.8. The lowest BCUT2D eigenvalue weighted by Gasteiger charge is -2.07. The Balaban J connectivity index is 3.55. The largest absolute Gasteiger partial charge is 0.825 e. The van der Waals surface area contributed by atoms with Crippen molar-refractivity contribution in [2.45, 2.75) is 5.91 Å². The minimum Gasteiger partial charge on any atom is -0.251 e. The molecular formula is C2HN9O8. The third-order valence-corrected chi connectivity index (χ3v) is 1.68. The number of nitro groups is 4. The van der Waals surface area contributed by atoms with E-state index in [2.05, 4.69) is 15.5 Å². The van der Waals surface area contributed by atoms with Crippen molar-refractivity contribution in [3.05, 3.63) is 40.5 Å². The standard InChI is InChI=1S/C2HN9O8/c12-8(13)2(9(14)15,10(16)17)7-1(3-5-6-7)4-11(18)19/h(H,3,4,6). The molecule has 0 saturated carbocycles. The summed E-state index contributed by atoms with van der Waals surface area (Å²) in [7, 11) is 0. The van der Waals surface area contributed by atoms with Crippen LogP contribution in [0.15, 0.2) is 0 Å². The molecule has 0 spiro atoms. The SMILES string of the molecule is O=[N+]([O-])Nc1nnnn1C([N+](=O)[O-])([N+](=O)[O-])[N+](=O)[O-]. The van der Waals surface area contributed by atoms with Crippen LogP contribution < -0.4 is 5.43 Å². The normalized spacial score (nSPS) is 10.7. The Bertz CT molecular complexity index is 524. The molecule has 102 valence electrons. The van der Waals surface area contributed by atoms with E-state index in [0.717, 1.165) is 5.43 Å². The first-order valence-electron chi connectivity index (χ1n) is 3.88. The van der Waals surface area contributed by atoms with Crippen LogP contribution >= 0.6 is 0 Å². The fourth-order valence-electron chi connectivity index (χ4n) is 0.973. The summed E-state index contributed by atoms with van der Waals surface area (Å²) < 4.78 is -0.532. The average molecular weight is 279 g/mol. The molecule has 0 aliphatic rings. The molecule has 1 rings (SSSR count). The molecule has 1 aromatic rings. The van der Waals surface area contributed by atoms with E-state index >= 15 is 0 Å². The molecule has 0 aromatic carbocycles. The Morgan fingerprint density at radius 3 is 1.84 bits per heavy atom. The Labute approximate surface area is 98.9 Å². The zero-order valence-corrected chi connectivity index (χ0v) is 8.34. The molecule has 0 atom stereocenters. The van der Waals surface area contributed by atoms with E-state index in [1.807, 2.05) is 0 Å². The van der Waals surface area contributed by atoms with Crippen LogP contribution in [0.25, 0.3) is 0 Å². The van der Waals surface area contributed by atoms with Crippen molar-refractivity contribution in [1.29, 1.82) is 0 Å². The number of nitrogens with one attached hydrogen (secondary N) is 1. The van der Waals surface area contributed by atoms with Gasteiger partial charge in [-0.3, -0.25) is 30.3 Å². The maximum atomic E-state index is 10.6. The summed E-state index contributed by atoms with van der Waals surface area (Å²) >= 11 is 0. The molecule has 1 aromatic heterocycles. The van der Waals surface area contributed by atoms with Gasteiger partial charge in [0.15, 0.2) is 5.03 Å². The number of anilines is 1. The number of hydrazine groups is 1. The Morgan fingerprint density at radius 2 is 1.47 bits per heavy atom. The lowest BCUT2D eigenvalue weighted by atomic mass is 10.6. The van der Waals surface area contributed by atoms with Crippen LogP contribution in [0.1, 0.15) is 0 Å². The van der Waals surface area contributed by atoms with Crippen molar-refractivity contribution in [3.8, 4) is 0 Å². The van der Waals surface area contributed by atoms with E-state index in [-0.39, 0.29) is 0 Å². The van der Waals surface area contributed by atoms with Crippen LogP contribution in [0.3, 0.4) is 0 Å². The maximum Gasteiger partial charge on any atom is 0.825 e. The van der Waals surface area contributed by atoms with Crippen LogP contribution in [0.5, 0.6) is 0 Å². The van der Waals surface area contributed by atoms with Gasteiger partial charge in [0.1, 0.15) is 0 Å². The molecule has 0 fully saturated rings. The highest BCUT2D eigenvalue weighted by Crippen LogP contribution is 2.21. The highest BCUT2D eigenvalue weighted by molar-refractivity contribution is 5.16. The van der Waals surface area contributed by atoms with Crippen molar-refractivity contribution >= 4 is 5.95 Å². The summed E-state index contributed by atoms with van der Waals surface area (Å²) in [5.41, 5.74) is 1.16. The average Bonchev–Trinajstić information content (AvgIpc) is 2.64. The van der Waals surface area contributed by atoms with Gasteiger partial charge in [0.25, 0.3) is 0 Å². The molecule has 0 saturated heterocycles. The summed E-state index contributed by atoms with van der Waals surface area (Å²) in [6.45, 7) is 0. The highest BCUT2D eigenvalue weighted by Gasteiger charge is 2.77. The molecule has 0 amide bonds. The van der Waals surface area contributed by atoms with Gasteiger partial charge in [0.05, 0.1) is 0 Å². The van der Waals surface area contributed by atoms with Gasteiger partial charge in [-0.1, -0.05) is 10.5 Å². The second-order valence-corrected chi connectivity index (χ2v) is 2.65. The maximum absolute atomic E-state index is 10.6. The Morgan fingerprint density at radius 1 is 1.00 bits per heavy atom. The van der Waals surface area contributed by atoms with Gasteiger partial charge in [0, 0.05) is 4.68 Å². The number of nitrogens with zero attached hydrogens (tertiary/aromatic N) is 8. The van der Waals surface area contributed by atoms with Crippen molar-refractivity contribution in [2.24, 2.45) is 0 Å². The molecule has 17 heteroatoms. The van der Waals surface area contributed by atoms with Gasteiger partial charge in [-0.05, 0) is 10.4 Å². The summed E-state index contributed by atoms with van der Waals surface area (Å²) in [4.78, 5) is 36.4. The Hall–Kier alpha value is -3.53. The van der Waals surface area contributed by atoms with Crippen LogP contribution in [-0.2, 0) is 5.91 Å². The number of hydrogen-bond acceptors (Lipinski definition) is 11. The predicted octanol–water partition coefficient (Wildman–Crippen LogP) is -2.33. The lowest BCUT2D eigenvalue weighted by Crippen LogP contribution is -2.56. The molecule has 0 radical (unpaired) electrons. The molecule has 17 nitrogen and oxygen atoms in total. The third kappa shape index (κ3) is 1.89. The van der Waals surface area contributed by atoms with Crippen LogP contribution in [0, 0.1) is 40.5 Å². The molecule has 0 aliphatic carbocycles. The van der Waals surface area contributed by atoms with Crippen LogP contribution in [-0.4, -0.2) is 40.0 Å². The van der Waals surface area contributed by atoms with Crippen molar-refractivity contribution in [1.82, 2.24) is 20.2 Å². The number of tetrazole rings is 1. The van der Waals surface area contributed by atoms with Gasteiger partial charge in [-0.25, -0.2) is 10.1 Å². The van der Waals surface area contributed by atoms with Gasteiger partial charge < -0.3 is 0 Å². The monoisotopic (exact) mass is 279 g/mol. The Kier molecular flexibility index (Phi) is 3.12. The van der Waals surface area contributed by atoms with Crippen molar-refractivity contribution in [2.75, 3.05) is 5.43 Å².